The van der Waals surface area contributed by atoms with E-state index >= 15 is 0 Å². The van der Waals surface area contributed by atoms with Gasteiger partial charge in [0, 0.05) is 16.7 Å². The molecule has 0 bridgehead atoms. The number of carboxylic acid groups (broad SMARTS) is 1. The van der Waals surface area contributed by atoms with Crippen LogP contribution in [0.25, 0.3) is 16.9 Å². The lowest BCUT2D eigenvalue weighted by Crippen LogP contribution is -2.04. The highest BCUT2D eigenvalue weighted by Crippen LogP contribution is 2.28. The van der Waals surface area contributed by atoms with Gasteiger partial charge in [-0.25, -0.2) is 13.9 Å². The van der Waals surface area contributed by atoms with Gasteiger partial charge in [0.1, 0.15) is 5.69 Å². The average Bonchev–Trinajstić information content (AvgIpc) is 3.00. The second-order valence-electron chi connectivity index (χ2n) is 4.83. The topological polar surface area (TPSA) is 77.2 Å². The molecule has 8 heteroatoms. The van der Waals surface area contributed by atoms with E-state index in [0.29, 0.717) is 16.3 Å². The largest absolute Gasteiger partial charge is 0.494 e. The Morgan fingerprint density at radius 1 is 1.25 bits per heavy atom. The number of nitrogens with zero attached hydrogens (tertiary/aromatic N) is 3. The molecule has 0 amide bonds. The zero-order chi connectivity index (χ0) is 17.3. The quantitative estimate of drug-likeness (QED) is 0.782. The summed E-state index contributed by atoms with van der Waals surface area (Å²) in [6.45, 7) is 0. The Morgan fingerprint density at radius 2 is 1.96 bits per heavy atom. The number of aromatic carboxylic acids is 1. The van der Waals surface area contributed by atoms with Gasteiger partial charge in [0.2, 0.25) is 0 Å². The van der Waals surface area contributed by atoms with Gasteiger partial charge in [0.15, 0.2) is 17.3 Å². The van der Waals surface area contributed by atoms with Gasteiger partial charge in [-0.2, -0.15) is 0 Å². The van der Waals surface area contributed by atoms with Crippen LogP contribution in [0, 0.1) is 5.82 Å². The van der Waals surface area contributed by atoms with Gasteiger partial charge in [-0.05, 0) is 24.3 Å². The lowest BCUT2D eigenvalue weighted by Gasteiger charge is -2.09. The first-order valence-electron chi connectivity index (χ1n) is 6.80. The molecule has 0 atom stereocenters. The number of hydrogen-bond donors (Lipinski definition) is 1. The number of hydrogen-bond acceptors (Lipinski definition) is 4. The summed E-state index contributed by atoms with van der Waals surface area (Å²) < 4.78 is 20.1. The number of aromatic nitrogens is 3. The fraction of sp³-hybridized carbons (Fsp3) is 0.0625. The van der Waals surface area contributed by atoms with Crippen molar-refractivity contribution in [2.45, 2.75) is 0 Å². The van der Waals surface area contributed by atoms with Crippen molar-refractivity contribution in [3.05, 3.63) is 59.0 Å². The van der Waals surface area contributed by atoms with E-state index in [1.807, 2.05) is 0 Å². The van der Waals surface area contributed by atoms with Crippen molar-refractivity contribution < 1.29 is 19.0 Å². The van der Waals surface area contributed by atoms with E-state index in [-0.39, 0.29) is 17.1 Å². The van der Waals surface area contributed by atoms with Crippen molar-refractivity contribution in [1.29, 1.82) is 0 Å². The summed E-state index contributed by atoms with van der Waals surface area (Å²) in [5, 5.41) is 17.4. The van der Waals surface area contributed by atoms with Crippen LogP contribution in [0.15, 0.2) is 42.5 Å². The molecule has 2 aromatic carbocycles. The van der Waals surface area contributed by atoms with E-state index in [2.05, 4.69) is 10.3 Å². The first-order chi connectivity index (χ1) is 11.5. The van der Waals surface area contributed by atoms with Crippen molar-refractivity contribution in [2.24, 2.45) is 0 Å². The first kappa shape index (κ1) is 15.9. The van der Waals surface area contributed by atoms with Crippen LogP contribution in [0.5, 0.6) is 5.75 Å². The Kier molecular flexibility index (Phi) is 4.18. The van der Waals surface area contributed by atoms with Gasteiger partial charge in [0.25, 0.3) is 0 Å². The third-order valence-electron chi connectivity index (χ3n) is 3.37. The number of halogens is 2. The maximum atomic E-state index is 14.0. The molecule has 0 saturated heterocycles. The summed E-state index contributed by atoms with van der Waals surface area (Å²) in [4.78, 5) is 11.4. The molecule has 0 unspecified atom stereocenters. The molecule has 3 rings (SSSR count). The van der Waals surface area contributed by atoms with Crippen LogP contribution in [0.3, 0.4) is 0 Å². The van der Waals surface area contributed by atoms with Crippen LogP contribution in [0.1, 0.15) is 10.5 Å². The number of benzene rings is 2. The molecule has 122 valence electrons. The first-order valence-corrected chi connectivity index (χ1v) is 7.18. The highest BCUT2D eigenvalue weighted by molar-refractivity contribution is 6.30. The molecule has 3 aromatic rings. The highest BCUT2D eigenvalue weighted by atomic mass is 35.5. The fourth-order valence-corrected chi connectivity index (χ4v) is 2.39. The summed E-state index contributed by atoms with van der Waals surface area (Å²) in [6, 6.07) is 10.7. The number of ether oxygens (including phenoxy) is 1. The number of methoxy groups -OCH3 is 1. The van der Waals surface area contributed by atoms with Crippen LogP contribution in [-0.2, 0) is 0 Å². The fourth-order valence-electron chi connectivity index (χ4n) is 2.26. The zero-order valence-electron chi connectivity index (χ0n) is 12.4. The smallest absolute Gasteiger partial charge is 0.358 e. The summed E-state index contributed by atoms with van der Waals surface area (Å²) in [5.74, 6) is -1.75. The van der Waals surface area contributed by atoms with Crippen molar-refractivity contribution in [1.82, 2.24) is 15.0 Å². The van der Waals surface area contributed by atoms with E-state index in [4.69, 9.17) is 16.3 Å². The molecule has 1 heterocycles. The van der Waals surface area contributed by atoms with Gasteiger partial charge in [-0.15, -0.1) is 5.10 Å². The predicted octanol–water partition coefficient (Wildman–Crippen LogP) is 3.43. The maximum Gasteiger partial charge on any atom is 0.358 e. The predicted molar refractivity (Wildman–Crippen MR) is 85.3 cm³/mol. The molecule has 0 aliphatic rings. The second-order valence-corrected chi connectivity index (χ2v) is 5.27. The van der Waals surface area contributed by atoms with E-state index in [1.165, 1.54) is 23.9 Å². The Bertz CT molecular complexity index is 909. The minimum atomic E-state index is -1.24. The van der Waals surface area contributed by atoms with Crippen LogP contribution in [0.2, 0.25) is 5.02 Å². The SMILES string of the molecule is COc1ccc(-n2nnc(C(=O)O)c2-c2ccc(Cl)cc2)cc1F. The molecule has 24 heavy (non-hydrogen) atoms. The van der Waals surface area contributed by atoms with Gasteiger partial charge in [-0.3, -0.25) is 0 Å². The van der Waals surface area contributed by atoms with E-state index in [1.54, 1.807) is 30.3 Å². The average molecular weight is 348 g/mol. The Labute approximate surface area is 141 Å². The molecular formula is C16H11ClFN3O3. The lowest BCUT2D eigenvalue weighted by atomic mass is 10.1. The second kappa shape index (κ2) is 6.29. The maximum absolute atomic E-state index is 14.0. The lowest BCUT2D eigenvalue weighted by molar-refractivity contribution is 0.0691. The van der Waals surface area contributed by atoms with Crippen LogP contribution in [0.4, 0.5) is 4.39 Å². The van der Waals surface area contributed by atoms with Crippen molar-refractivity contribution in [2.75, 3.05) is 7.11 Å². The van der Waals surface area contributed by atoms with Crippen molar-refractivity contribution in [3.63, 3.8) is 0 Å². The molecule has 0 aliphatic carbocycles. The van der Waals surface area contributed by atoms with E-state index in [9.17, 15) is 14.3 Å². The number of rotatable bonds is 4. The van der Waals surface area contributed by atoms with Gasteiger partial charge in [0.05, 0.1) is 12.8 Å². The summed E-state index contributed by atoms with van der Waals surface area (Å²) in [7, 11) is 1.36. The van der Waals surface area contributed by atoms with Gasteiger partial charge in [-0.1, -0.05) is 28.9 Å². The summed E-state index contributed by atoms with van der Waals surface area (Å²) >= 11 is 5.87. The van der Waals surface area contributed by atoms with Crippen molar-refractivity contribution >= 4 is 17.6 Å². The Hall–Kier alpha value is -2.93. The van der Waals surface area contributed by atoms with Gasteiger partial charge < -0.3 is 9.84 Å². The molecule has 1 aromatic heterocycles. The normalized spacial score (nSPS) is 10.6. The number of carboxylic acids is 1. The van der Waals surface area contributed by atoms with Crippen LogP contribution < -0.4 is 4.74 Å². The third kappa shape index (κ3) is 2.81. The highest BCUT2D eigenvalue weighted by Gasteiger charge is 2.22. The monoisotopic (exact) mass is 347 g/mol. The van der Waals surface area contributed by atoms with Crippen LogP contribution >= 0.6 is 11.6 Å². The molecule has 0 aliphatic heterocycles. The molecule has 0 fully saturated rings. The number of carbonyl (C=O) groups is 1. The standard InChI is InChI=1S/C16H11ClFN3O3/c1-24-13-7-6-11(8-12(13)18)21-15(14(16(22)23)19-20-21)9-2-4-10(17)5-3-9/h2-8H,1H3,(H,22,23). The summed E-state index contributed by atoms with van der Waals surface area (Å²) in [6.07, 6.45) is 0. The minimum absolute atomic E-state index is 0.0744. The van der Waals surface area contributed by atoms with E-state index < -0.39 is 11.8 Å². The molecular weight excluding hydrogens is 337 g/mol. The van der Waals surface area contributed by atoms with Crippen LogP contribution in [-0.4, -0.2) is 33.2 Å². The Morgan fingerprint density at radius 3 is 2.54 bits per heavy atom. The Balaban J connectivity index is 2.20. The molecule has 1 N–H and O–H groups in total. The molecule has 6 nitrogen and oxygen atoms in total. The molecule has 0 saturated carbocycles. The minimum Gasteiger partial charge on any atom is -0.494 e. The summed E-state index contributed by atoms with van der Waals surface area (Å²) in [5.41, 5.74) is 0.841. The van der Waals surface area contributed by atoms with E-state index in [0.717, 1.165) is 0 Å². The molecule has 0 radical (unpaired) electrons. The third-order valence-corrected chi connectivity index (χ3v) is 3.62. The van der Waals surface area contributed by atoms with Gasteiger partial charge >= 0.3 is 5.97 Å². The zero-order valence-corrected chi connectivity index (χ0v) is 13.2. The van der Waals surface area contributed by atoms with Crippen molar-refractivity contribution in [3.8, 4) is 22.7 Å². The molecule has 0 spiro atoms.